The van der Waals surface area contributed by atoms with Crippen LogP contribution in [0.15, 0.2) is 48.5 Å². The smallest absolute Gasteiger partial charge is 0.419 e. The van der Waals surface area contributed by atoms with E-state index in [1.807, 2.05) is 31.2 Å². The normalized spacial score (nSPS) is 12.5. The molecule has 2 rings (SSSR count). The number of aryl methyl sites for hydroxylation is 2. The molecule has 0 heterocycles. The van der Waals surface area contributed by atoms with Crippen LogP contribution in [0.1, 0.15) is 28.7 Å². The predicted molar refractivity (Wildman–Crippen MR) is 107 cm³/mol. The molecule has 0 bridgehead atoms. The summed E-state index contributed by atoms with van der Waals surface area (Å²) < 4.78 is 45.7. The molecule has 0 amide bonds. The number of aliphatic hydroxyl groups is 2. The minimum atomic E-state index is -4.57. The van der Waals surface area contributed by atoms with Crippen LogP contribution in [0.2, 0.25) is 0 Å². The number of alkyl halides is 3. The van der Waals surface area contributed by atoms with Gasteiger partial charge in [0, 0.05) is 0 Å². The minimum Gasteiger partial charge on any atom is -0.489 e. The molecule has 2 aromatic carbocycles. The third kappa shape index (κ3) is 6.88. The Kier molecular flexibility index (Phi) is 7.84. The standard InChI is InChI=1S/C22H26F3NO3/c1-16-4-2-5-17(12-16)6-3-11-29-20-8-7-18(13-19(20)22(23,24)25)9-10-21(26,14-27)15-28/h2-8,12-13,27-28H,9-11,14-15,26H2,1H3/b6-3+. The molecule has 158 valence electrons. The van der Waals surface area contributed by atoms with E-state index in [9.17, 15) is 23.4 Å². The summed E-state index contributed by atoms with van der Waals surface area (Å²) in [6.07, 6.45) is -0.780. The Morgan fingerprint density at radius 3 is 2.41 bits per heavy atom. The summed E-state index contributed by atoms with van der Waals surface area (Å²) in [6, 6.07) is 11.6. The van der Waals surface area contributed by atoms with Crippen molar-refractivity contribution >= 4 is 6.08 Å². The lowest BCUT2D eigenvalue weighted by Crippen LogP contribution is -2.47. The molecule has 0 saturated carbocycles. The first-order valence-electron chi connectivity index (χ1n) is 9.23. The van der Waals surface area contributed by atoms with Crippen LogP contribution >= 0.6 is 0 Å². The molecule has 0 unspecified atom stereocenters. The number of aliphatic hydroxyl groups excluding tert-OH is 2. The van der Waals surface area contributed by atoms with Gasteiger partial charge in [-0.1, -0.05) is 42.0 Å². The molecular formula is C22H26F3NO3. The third-order valence-electron chi connectivity index (χ3n) is 4.58. The van der Waals surface area contributed by atoms with E-state index >= 15 is 0 Å². The molecule has 0 aliphatic heterocycles. The maximum Gasteiger partial charge on any atom is 0.419 e. The highest BCUT2D eigenvalue weighted by Gasteiger charge is 2.35. The van der Waals surface area contributed by atoms with Crippen LogP contribution in [0.25, 0.3) is 6.08 Å². The predicted octanol–water partition coefficient (Wildman–Crippen LogP) is 3.72. The first-order valence-corrected chi connectivity index (χ1v) is 9.23. The molecule has 0 atom stereocenters. The summed E-state index contributed by atoms with van der Waals surface area (Å²) in [5.41, 5.74) is 6.12. The molecule has 7 heteroatoms. The molecule has 0 radical (unpaired) electrons. The summed E-state index contributed by atoms with van der Waals surface area (Å²) in [5, 5.41) is 18.4. The van der Waals surface area contributed by atoms with Gasteiger partial charge in [0.1, 0.15) is 12.4 Å². The fraction of sp³-hybridized carbons (Fsp3) is 0.364. The van der Waals surface area contributed by atoms with Crippen LogP contribution in [-0.4, -0.2) is 35.6 Å². The Balaban J connectivity index is 2.09. The van der Waals surface area contributed by atoms with Crippen molar-refractivity contribution in [1.82, 2.24) is 0 Å². The van der Waals surface area contributed by atoms with Crippen LogP contribution in [0, 0.1) is 6.92 Å². The number of benzene rings is 2. The number of rotatable bonds is 9. The van der Waals surface area contributed by atoms with E-state index in [1.165, 1.54) is 12.1 Å². The molecule has 0 saturated heterocycles. The van der Waals surface area contributed by atoms with E-state index in [0.29, 0.717) is 5.56 Å². The first kappa shape index (κ1) is 22.9. The van der Waals surface area contributed by atoms with Crippen LogP contribution < -0.4 is 10.5 Å². The monoisotopic (exact) mass is 409 g/mol. The van der Waals surface area contributed by atoms with Crippen molar-refractivity contribution in [3.05, 3.63) is 70.8 Å². The zero-order chi connectivity index (χ0) is 21.5. The van der Waals surface area contributed by atoms with Crippen LogP contribution in [0.3, 0.4) is 0 Å². The molecule has 0 aliphatic carbocycles. The van der Waals surface area contributed by atoms with E-state index < -0.39 is 30.5 Å². The Morgan fingerprint density at radius 2 is 1.79 bits per heavy atom. The second-order valence-electron chi connectivity index (χ2n) is 7.13. The van der Waals surface area contributed by atoms with Crippen LogP contribution in [-0.2, 0) is 12.6 Å². The maximum absolute atomic E-state index is 13.5. The molecule has 4 N–H and O–H groups in total. The molecule has 0 aromatic heterocycles. The second kappa shape index (κ2) is 9.91. The maximum atomic E-state index is 13.5. The van der Waals surface area contributed by atoms with Gasteiger partial charge in [0.15, 0.2) is 0 Å². The van der Waals surface area contributed by atoms with Crippen LogP contribution in [0.4, 0.5) is 13.2 Å². The summed E-state index contributed by atoms with van der Waals surface area (Å²) in [6.45, 7) is 1.05. The van der Waals surface area contributed by atoms with E-state index in [0.717, 1.165) is 17.2 Å². The average molecular weight is 409 g/mol. The summed E-state index contributed by atoms with van der Waals surface area (Å²) in [7, 11) is 0. The van der Waals surface area contributed by atoms with Gasteiger partial charge in [-0.25, -0.2) is 0 Å². The van der Waals surface area contributed by atoms with Crippen molar-refractivity contribution in [3.8, 4) is 5.75 Å². The fourth-order valence-corrected chi connectivity index (χ4v) is 2.78. The van der Waals surface area contributed by atoms with Gasteiger partial charge in [0.25, 0.3) is 0 Å². The highest BCUT2D eigenvalue weighted by Crippen LogP contribution is 2.37. The fourth-order valence-electron chi connectivity index (χ4n) is 2.78. The largest absolute Gasteiger partial charge is 0.489 e. The average Bonchev–Trinajstić information content (AvgIpc) is 2.69. The number of ether oxygens (including phenoxy) is 1. The Labute approximate surface area is 168 Å². The Hall–Kier alpha value is -2.35. The molecule has 0 spiro atoms. The second-order valence-corrected chi connectivity index (χ2v) is 7.13. The van der Waals surface area contributed by atoms with Gasteiger partial charge in [-0.3, -0.25) is 0 Å². The van der Waals surface area contributed by atoms with Gasteiger partial charge in [-0.05, 0) is 49.1 Å². The van der Waals surface area contributed by atoms with Crippen molar-refractivity contribution < 1.29 is 28.1 Å². The van der Waals surface area contributed by atoms with Gasteiger partial charge in [0.05, 0.1) is 24.3 Å². The molecule has 2 aromatic rings. The SMILES string of the molecule is Cc1cccc(/C=C/COc2ccc(CCC(N)(CO)CO)cc2C(F)(F)F)c1. The summed E-state index contributed by atoms with van der Waals surface area (Å²) in [5.74, 6) is -0.251. The van der Waals surface area contributed by atoms with E-state index in [-0.39, 0.29) is 25.2 Å². The van der Waals surface area contributed by atoms with Gasteiger partial charge in [0.2, 0.25) is 0 Å². The third-order valence-corrected chi connectivity index (χ3v) is 4.58. The molecule has 0 aliphatic rings. The Bertz CT molecular complexity index is 830. The van der Waals surface area contributed by atoms with Gasteiger partial charge in [-0.15, -0.1) is 0 Å². The molecule has 0 fully saturated rings. The quantitative estimate of drug-likeness (QED) is 0.590. The van der Waals surface area contributed by atoms with Gasteiger partial charge < -0.3 is 20.7 Å². The Morgan fingerprint density at radius 1 is 1.07 bits per heavy atom. The lowest BCUT2D eigenvalue weighted by molar-refractivity contribution is -0.138. The van der Waals surface area contributed by atoms with Crippen molar-refractivity contribution in [2.75, 3.05) is 19.8 Å². The van der Waals surface area contributed by atoms with E-state index in [4.69, 9.17) is 10.5 Å². The topological polar surface area (TPSA) is 75.7 Å². The zero-order valence-electron chi connectivity index (χ0n) is 16.2. The number of hydrogen-bond donors (Lipinski definition) is 3. The van der Waals surface area contributed by atoms with E-state index in [2.05, 4.69) is 0 Å². The van der Waals surface area contributed by atoms with Crippen molar-refractivity contribution in [2.24, 2.45) is 5.73 Å². The van der Waals surface area contributed by atoms with Crippen molar-refractivity contribution in [3.63, 3.8) is 0 Å². The lowest BCUT2D eigenvalue weighted by Gasteiger charge is -2.24. The number of halogens is 3. The highest BCUT2D eigenvalue weighted by atomic mass is 19.4. The van der Waals surface area contributed by atoms with Crippen molar-refractivity contribution in [2.45, 2.75) is 31.5 Å². The number of nitrogens with two attached hydrogens (primary N) is 1. The molecular weight excluding hydrogens is 383 g/mol. The van der Waals surface area contributed by atoms with Crippen LogP contribution in [0.5, 0.6) is 5.75 Å². The molecule has 4 nitrogen and oxygen atoms in total. The lowest BCUT2D eigenvalue weighted by atomic mass is 9.93. The van der Waals surface area contributed by atoms with Gasteiger partial charge in [-0.2, -0.15) is 13.2 Å². The highest BCUT2D eigenvalue weighted by molar-refractivity contribution is 5.50. The van der Waals surface area contributed by atoms with Crippen molar-refractivity contribution in [1.29, 1.82) is 0 Å². The number of hydrogen-bond acceptors (Lipinski definition) is 4. The zero-order valence-corrected chi connectivity index (χ0v) is 16.2. The minimum absolute atomic E-state index is 0.00267. The molecule has 29 heavy (non-hydrogen) atoms. The summed E-state index contributed by atoms with van der Waals surface area (Å²) >= 11 is 0. The van der Waals surface area contributed by atoms with Gasteiger partial charge >= 0.3 is 6.18 Å². The summed E-state index contributed by atoms with van der Waals surface area (Å²) in [4.78, 5) is 0. The van der Waals surface area contributed by atoms with E-state index in [1.54, 1.807) is 12.2 Å². The first-order chi connectivity index (χ1) is 13.7.